The first-order chi connectivity index (χ1) is 9.08. The summed E-state index contributed by atoms with van der Waals surface area (Å²) in [4.78, 5) is 2.35. The Kier molecular flexibility index (Phi) is 4.97. The summed E-state index contributed by atoms with van der Waals surface area (Å²) in [5, 5.41) is 20.0. The molecule has 1 saturated heterocycles. The summed E-state index contributed by atoms with van der Waals surface area (Å²) >= 11 is 0. The molecule has 106 valence electrons. The molecule has 3 atom stereocenters. The van der Waals surface area contributed by atoms with Gasteiger partial charge in [-0.3, -0.25) is 0 Å². The molecule has 1 fully saturated rings. The van der Waals surface area contributed by atoms with E-state index in [2.05, 4.69) is 11.8 Å². The van der Waals surface area contributed by atoms with Crippen molar-refractivity contribution in [2.24, 2.45) is 5.92 Å². The van der Waals surface area contributed by atoms with Crippen LogP contribution >= 0.6 is 0 Å². The number of hydrogen-bond acceptors (Lipinski definition) is 3. The van der Waals surface area contributed by atoms with Gasteiger partial charge in [0.05, 0.1) is 12.2 Å². The third-order valence-corrected chi connectivity index (χ3v) is 4.21. The van der Waals surface area contributed by atoms with E-state index in [-0.39, 0.29) is 12.2 Å². The van der Waals surface area contributed by atoms with Gasteiger partial charge in [0, 0.05) is 19.6 Å². The monoisotopic (exact) mass is 263 g/mol. The molecule has 1 aliphatic rings. The Morgan fingerprint density at radius 3 is 2.79 bits per heavy atom. The summed E-state index contributed by atoms with van der Waals surface area (Å²) in [5.41, 5.74) is 2.19. The topological polar surface area (TPSA) is 43.7 Å². The van der Waals surface area contributed by atoms with Crippen LogP contribution in [0.5, 0.6) is 0 Å². The van der Waals surface area contributed by atoms with Gasteiger partial charge in [0.1, 0.15) is 0 Å². The van der Waals surface area contributed by atoms with E-state index < -0.39 is 0 Å². The van der Waals surface area contributed by atoms with Gasteiger partial charge in [0.2, 0.25) is 0 Å². The zero-order valence-electron chi connectivity index (χ0n) is 11.9. The summed E-state index contributed by atoms with van der Waals surface area (Å²) in [6.45, 7) is 6.90. The molecule has 0 radical (unpaired) electrons. The van der Waals surface area contributed by atoms with Crippen LogP contribution in [0, 0.1) is 12.8 Å². The van der Waals surface area contributed by atoms with E-state index in [1.165, 1.54) is 0 Å². The number of likely N-dealkylation sites (tertiary alicyclic amines) is 1. The molecule has 0 saturated carbocycles. The fourth-order valence-electron chi connectivity index (χ4n) is 2.84. The number of nitrogens with zero attached hydrogens (tertiary/aromatic N) is 1. The Hall–Kier alpha value is -0.900. The van der Waals surface area contributed by atoms with Crippen molar-refractivity contribution in [3.63, 3.8) is 0 Å². The molecule has 0 spiro atoms. The first kappa shape index (κ1) is 14.5. The lowest BCUT2D eigenvalue weighted by Gasteiger charge is -2.34. The van der Waals surface area contributed by atoms with Crippen molar-refractivity contribution in [1.29, 1.82) is 0 Å². The molecular formula is C16H25NO2. The number of hydrogen-bond donors (Lipinski definition) is 2. The Bertz CT molecular complexity index is 407. The van der Waals surface area contributed by atoms with E-state index in [1.807, 2.05) is 31.2 Å². The van der Waals surface area contributed by atoms with Crippen LogP contribution in [0.2, 0.25) is 0 Å². The lowest BCUT2D eigenvalue weighted by molar-refractivity contribution is 0.0287. The van der Waals surface area contributed by atoms with Crippen LogP contribution < -0.4 is 0 Å². The minimum absolute atomic E-state index is 0.155. The lowest BCUT2D eigenvalue weighted by Crippen LogP contribution is -2.42. The van der Waals surface area contributed by atoms with E-state index >= 15 is 0 Å². The van der Waals surface area contributed by atoms with Crippen LogP contribution in [-0.4, -0.2) is 40.9 Å². The van der Waals surface area contributed by atoms with E-state index in [9.17, 15) is 10.2 Å². The van der Waals surface area contributed by atoms with Crippen molar-refractivity contribution in [2.45, 2.75) is 38.9 Å². The largest absolute Gasteiger partial charge is 0.393 e. The summed E-state index contributed by atoms with van der Waals surface area (Å²) in [5.74, 6) is 0.337. The highest BCUT2D eigenvalue weighted by Gasteiger charge is 2.24. The first-order valence-corrected chi connectivity index (χ1v) is 7.22. The standard InChI is InChI=1S/C16H25NO2/c1-12-5-3-4-6-14(12)16(19)8-10-17-9-7-15(18)13(2)11-17/h3-6,13,15-16,18-19H,7-11H2,1-2H3. The van der Waals surface area contributed by atoms with Gasteiger partial charge in [-0.25, -0.2) is 0 Å². The highest BCUT2D eigenvalue weighted by molar-refractivity contribution is 5.27. The van der Waals surface area contributed by atoms with E-state index in [4.69, 9.17) is 0 Å². The summed E-state index contributed by atoms with van der Waals surface area (Å²) in [6.07, 6.45) is 1.07. The van der Waals surface area contributed by atoms with Gasteiger partial charge < -0.3 is 15.1 Å². The van der Waals surface area contributed by atoms with Crippen molar-refractivity contribution < 1.29 is 10.2 Å². The van der Waals surface area contributed by atoms with Crippen LogP contribution in [0.3, 0.4) is 0 Å². The molecule has 3 heteroatoms. The third-order valence-electron chi connectivity index (χ3n) is 4.21. The van der Waals surface area contributed by atoms with Crippen molar-refractivity contribution in [1.82, 2.24) is 4.90 Å². The van der Waals surface area contributed by atoms with Gasteiger partial charge in [0.15, 0.2) is 0 Å². The minimum atomic E-state index is -0.386. The number of aliphatic hydroxyl groups is 2. The van der Waals surface area contributed by atoms with E-state index in [0.29, 0.717) is 5.92 Å². The van der Waals surface area contributed by atoms with Crippen LogP contribution in [-0.2, 0) is 0 Å². The van der Waals surface area contributed by atoms with Gasteiger partial charge in [-0.15, -0.1) is 0 Å². The summed E-state index contributed by atoms with van der Waals surface area (Å²) < 4.78 is 0. The molecule has 2 rings (SSSR count). The smallest absolute Gasteiger partial charge is 0.0804 e. The summed E-state index contributed by atoms with van der Waals surface area (Å²) in [6, 6.07) is 8.02. The minimum Gasteiger partial charge on any atom is -0.393 e. The Labute approximate surface area is 115 Å². The zero-order valence-corrected chi connectivity index (χ0v) is 11.9. The Morgan fingerprint density at radius 2 is 2.11 bits per heavy atom. The second-order valence-corrected chi connectivity index (χ2v) is 5.79. The SMILES string of the molecule is Cc1ccccc1C(O)CCN1CCC(O)C(C)C1. The molecule has 2 N–H and O–H groups in total. The number of piperidine rings is 1. The average Bonchev–Trinajstić information content (AvgIpc) is 2.40. The van der Waals surface area contributed by atoms with Gasteiger partial charge >= 0.3 is 0 Å². The Morgan fingerprint density at radius 1 is 1.37 bits per heavy atom. The van der Waals surface area contributed by atoms with Crippen LogP contribution in [0.4, 0.5) is 0 Å². The van der Waals surface area contributed by atoms with Gasteiger partial charge in [-0.05, 0) is 36.8 Å². The molecule has 3 nitrogen and oxygen atoms in total. The molecule has 1 aromatic rings. The predicted molar refractivity (Wildman–Crippen MR) is 77.0 cm³/mol. The highest BCUT2D eigenvalue weighted by atomic mass is 16.3. The van der Waals surface area contributed by atoms with Crippen LogP contribution in [0.25, 0.3) is 0 Å². The molecule has 0 aliphatic carbocycles. The maximum Gasteiger partial charge on any atom is 0.0804 e. The van der Waals surface area contributed by atoms with Crippen molar-refractivity contribution >= 4 is 0 Å². The number of aryl methyl sites for hydroxylation is 1. The maximum atomic E-state index is 10.3. The predicted octanol–water partition coefficient (Wildman–Crippen LogP) is 2.12. The fourth-order valence-corrected chi connectivity index (χ4v) is 2.84. The molecule has 0 aromatic heterocycles. The molecule has 19 heavy (non-hydrogen) atoms. The molecule has 3 unspecified atom stereocenters. The number of rotatable bonds is 4. The number of aliphatic hydroxyl groups excluding tert-OH is 2. The average molecular weight is 263 g/mol. The van der Waals surface area contributed by atoms with Gasteiger partial charge in [-0.1, -0.05) is 31.2 Å². The number of benzene rings is 1. The van der Waals surface area contributed by atoms with Crippen LogP contribution in [0.1, 0.15) is 37.0 Å². The quantitative estimate of drug-likeness (QED) is 0.874. The molecule has 1 heterocycles. The maximum absolute atomic E-state index is 10.3. The fraction of sp³-hybridized carbons (Fsp3) is 0.625. The molecule has 1 aliphatic heterocycles. The summed E-state index contributed by atoms with van der Waals surface area (Å²) in [7, 11) is 0. The molecule has 1 aromatic carbocycles. The third kappa shape index (κ3) is 3.78. The Balaban J connectivity index is 1.84. The molecular weight excluding hydrogens is 238 g/mol. The second kappa shape index (κ2) is 6.51. The zero-order chi connectivity index (χ0) is 13.8. The van der Waals surface area contributed by atoms with E-state index in [0.717, 1.165) is 43.6 Å². The van der Waals surface area contributed by atoms with Crippen molar-refractivity contribution in [2.75, 3.05) is 19.6 Å². The van der Waals surface area contributed by atoms with Crippen LogP contribution in [0.15, 0.2) is 24.3 Å². The van der Waals surface area contributed by atoms with Crippen molar-refractivity contribution in [3.8, 4) is 0 Å². The van der Waals surface area contributed by atoms with E-state index in [1.54, 1.807) is 0 Å². The second-order valence-electron chi connectivity index (χ2n) is 5.79. The highest BCUT2D eigenvalue weighted by Crippen LogP contribution is 2.22. The first-order valence-electron chi connectivity index (χ1n) is 7.22. The van der Waals surface area contributed by atoms with Gasteiger partial charge in [0.25, 0.3) is 0 Å². The lowest BCUT2D eigenvalue weighted by atomic mass is 9.96. The van der Waals surface area contributed by atoms with Crippen molar-refractivity contribution in [3.05, 3.63) is 35.4 Å². The van der Waals surface area contributed by atoms with Gasteiger partial charge in [-0.2, -0.15) is 0 Å². The molecule has 0 amide bonds. The molecule has 0 bridgehead atoms. The normalized spacial score (nSPS) is 26.3.